The van der Waals surface area contributed by atoms with Crippen LogP contribution < -0.4 is 10.6 Å². The zero-order valence-electron chi connectivity index (χ0n) is 10.2. The van der Waals surface area contributed by atoms with E-state index in [-0.39, 0.29) is 17.7 Å². The molecule has 2 fully saturated rings. The van der Waals surface area contributed by atoms with Crippen molar-refractivity contribution < 1.29 is 9.59 Å². The third kappa shape index (κ3) is 3.37. The average molecular weight is 256 g/mol. The van der Waals surface area contributed by atoms with E-state index in [0.717, 1.165) is 12.8 Å². The lowest BCUT2D eigenvalue weighted by Gasteiger charge is -2.29. The summed E-state index contributed by atoms with van der Waals surface area (Å²) in [6.45, 7) is 0.503. The van der Waals surface area contributed by atoms with Crippen molar-refractivity contribution >= 4 is 23.6 Å². The Morgan fingerprint density at radius 2 is 2.29 bits per heavy atom. The molecule has 1 heterocycles. The topological polar surface area (TPSA) is 58.2 Å². The van der Waals surface area contributed by atoms with Crippen LogP contribution in [-0.4, -0.2) is 35.9 Å². The van der Waals surface area contributed by atoms with Crippen LogP contribution in [-0.2, 0) is 9.59 Å². The molecular weight excluding hydrogens is 236 g/mol. The van der Waals surface area contributed by atoms with Crippen LogP contribution in [0.15, 0.2) is 0 Å². The predicted octanol–water partition coefficient (Wildman–Crippen LogP) is 0.913. The summed E-state index contributed by atoms with van der Waals surface area (Å²) in [4.78, 5) is 23.0. The third-order valence-electron chi connectivity index (χ3n) is 3.65. The Hall–Kier alpha value is -0.710. The van der Waals surface area contributed by atoms with E-state index in [2.05, 4.69) is 16.9 Å². The molecule has 0 aromatic rings. The van der Waals surface area contributed by atoms with Crippen molar-refractivity contribution in [3.8, 4) is 0 Å². The van der Waals surface area contributed by atoms with E-state index in [1.54, 1.807) is 0 Å². The molecule has 1 aliphatic carbocycles. The molecule has 1 saturated heterocycles. The molecule has 3 atom stereocenters. The molecule has 4 nitrogen and oxygen atoms in total. The molecule has 2 amide bonds. The number of nitrogens with one attached hydrogen (secondary N) is 2. The van der Waals surface area contributed by atoms with Crippen molar-refractivity contribution in [2.24, 2.45) is 5.92 Å². The number of hydrogen-bond donors (Lipinski definition) is 2. The van der Waals surface area contributed by atoms with Gasteiger partial charge >= 0.3 is 0 Å². The lowest BCUT2D eigenvalue weighted by atomic mass is 9.94. The Balaban J connectivity index is 1.80. The summed E-state index contributed by atoms with van der Waals surface area (Å²) in [5.74, 6) is -0.108. The molecule has 0 bridgehead atoms. The van der Waals surface area contributed by atoms with Gasteiger partial charge in [0, 0.05) is 24.3 Å². The molecule has 2 N–H and O–H groups in total. The predicted molar refractivity (Wildman–Crippen MR) is 68.8 cm³/mol. The zero-order chi connectivity index (χ0) is 12.3. The van der Waals surface area contributed by atoms with Crippen LogP contribution in [0.1, 0.15) is 32.1 Å². The highest BCUT2D eigenvalue weighted by Gasteiger charge is 2.30. The van der Waals surface area contributed by atoms with E-state index in [0.29, 0.717) is 24.3 Å². The number of amides is 2. The highest BCUT2D eigenvalue weighted by atomic mass is 32.2. The second-order valence-corrected chi connectivity index (χ2v) is 6.07. The van der Waals surface area contributed by atoms with Gasteiger partial charge in [-0.1, -0.05) is 6.42 Å². The fraction of sp³-hybridized carbons (Fsp3) is 0.833. The van der Waals surface area contributed by atoms with Gasteiger partial charge in [0.1, 0.15) is 0 Å². The minimum atomic E-state index is -0.155. The van der Waals surface area contributed by atoms with Gasteiger partial charge in [0.15, 0.2) is 0 Å². The van der Waals surface area contributed by atoms with Crippen LogP contribution in [0.25, 0.3) is 0 Å². The normalized spacial score (nSPS) is 33.2. The summed E-state index contributed by atoms with van der Waals surface area (Å²) in [6, 6.07) is 0.310. The maximum atomic E-state index is 11.9. The highest BCUT2D eigenvalue weighted by molar-refractivity contribution is 7.99. The molecule has 0 aromatic heterocycles. The minimum Gasteiger partial charge on any atom is -0.355 e. The van der Waals surface area contributed by atoms with Gasteiger partial charge in [-0.15, -0.1) is 0 Å². The van der Waals surface area contributed by atoms with Crippen LogP contribution in [0.3, 0.4) is 0 Å². The summed E-state index contributed by atoms with van der Waals surface area (Å²) in [5.41, 5.74) is 0. The molecule has 17 heavy (non-hydrogen) atoms. The van der Waals surface area contributed by atoms with Crippen LogP contribution >= 0.6 is 11.8 Å². The van der Waals surface area contributed by atoms with E-state index in [1.165, 1.54) is 12.8 Å². The molecule has 0 radical (unpaired) electrons. The van der Waals surface area contributed by atoms with Gasteiger partial charge < -0.3 is 10.6 Å². The molecule has 0 spiro atoms. The molecular formula is C12H20N2O2S. The first-order valence-corrected chi connectivity index (χ1v) is 7.57. The van der Waals surface area contributed by atoms with Crippen molar-refractivity contribution in [3.63, 3.8) is 0 Å². The summed E-state index contributed by atoms with van der Waals surface area (Å²) in [6.07, 6.45) is 7.09. The highest BCUT2D eigenvalue weighted by Crippen LogP contribution is 2.27. The zero-order valence-corrected chi connectivity index (χ0v) is 11.0. The maximum absolute atomic E-state index is 11.9. The van der Waals surface area contributed by atoms with Crippen LogP contribution in [0.2, 0.25) is 0 Å². The summed E-state index contributed by atoms with van der Waals surface area (Å²) in [5, 5.41) is 6.48. The van der Waals surface area contributed by atoms with Crippen molar-refractivity contribution in [1.29, 1.82) is 0 Å². The summed E-state index contributed by atoms with van der Waals surface area (Å²) >= 11 is 1.89. The van der Waals surface area contributed by atoms with Gasteiger partial charge in [0.25, 0.3) is 0 Å². The lowest BCUT2D eigenvalue weighted by molar-refractivity contribution is -0.127. The fourth-order valence-corrected chi connectivity index (χ4v) is 3.43. The first-order valence-electron chi connectivity index (χ1n) is 6.29. The van der Waals surface area contributed by atoms with Gasteiger partial charge in [-0.2, -0.15) is 11.8 Å². The third-order valence-corrected chi connectivity index (χ3v) is 4.75. The van der Waals surface area contributed by atoms with Crippen LogP contribution in [0.4, 0.5) is 0 Å². The van der Waals surface area contributed by atoms with Gasteiger partial charge in [0.05, 0.1) is 5.92 Å². The molecule has 1 saturated carbocycles. The smallest absolute Gasteiger partial charge is 0.225 e. The number of carbonyl (C=O) groups is 2. The SMILES string of the molecule is CSC1CCCC(NC(=O)C2CNC(=O)C2)C1. The van der Waals surface area contributed by atoms with E-state index < -0.39 is 0 Å². The number of hydrogen-bond acceptors (Lipinski definition) is 3. The van der Waals surface area contributed by atoms with E-state index in [1.807, 2.05) is 11.8 Å². The number of carbonyl (C=O) groups excluding carboxylic acids is 2. The Kier molecular flexibility index (Phi) is 4.31. The molecule has 5 heteroatoms. The van der Waals surface area contributed by atoms with Crippen molar-refractivity contribution in [2.45, 2.75) is 43.4 Å². The molecule has 2 aliphatic rings. The largest absolute Gasteiger partial charge is 0.355 e. The standard InChI is InChI=1S/C12H20N2O2S/c1-17-10-4-2-3-9(6-10)14-12(16)8-5-11(15)13-7-8/h8-10H,2-7H2,1H3,(H,13,15)(H,14,16). The molecule has 3 unspecified atom stereocenters. The average Bonchev–Trinajstić information content (AvgIpc) is 2.76. The van der Waals surface area contributed by atoms with E-state index in [4.69, 9.17) is 0 Å². The van der Waals surface area contributed by atoms with Crippen molar-refractivity contribution in [3.05, 3.63) is 0 Å². The lowest BCUT2D eigenvalue weighted by Crippen LogP contribution is -2.42. The van der Waals surface area contributed by atoms with Crippen molar-refractivity contribution in [1.82, 2.24) is 10.6 Å². The fourth-order valence-electron chi connectivity index (χ4n) is 2.60. The van der Waals surface area contributed by atoms with Gasteiger partial charge in [0.2, 0.25) is 11.8 Å². The number of rotatable bonds is 3. The van der Waals surface area contributed by atoms with Gasteiger partial charge in [-0.3, -0.25) is 9.59 Å². The Bertz CT molecular complexity index is 309. The number of thioether (sulfide) groups is 1. The van der Waals surface area contributed by atoms with Crippen LogP contribution in [0, 0.1) is 5.92 Å². The maximum Gasteiger partial charge on any atom is 0.225 e. The Labute approximate surface area is 106 Å². The summed E-state index contributed by atoms with van der Waals surface area (Å²) in [7, 11) is 0. The minimum absolute atomic E-state index is 0.00390. The van der Waals surface area contributed by atoms with Crippen molar-refractivity contribution in [2.75, 3.05) is 12.8 Å². The monoisotopic (exact) mass is 256 g/mol. The Morgan fingerprint density at radius 3 is 2.94 bits per heavy atom. The second-order valence-electron chi connectivity index (χ2n) is 4.93. The van der Waals surface area contributed by atoms with E-state index in [9.17, 15) is 9.59 Å². The first-order chi connectivity index (χ1) is 8.19. The van der Waals surface area contributed by atoms with Gasteiger partial charge in [-0.05, 0) is 25.5 Å². The quantitative estimate of drug-likeness (QED) is 0.789. The molecule has 96 valence electrons. The molecule has 0 aromatic carbocycles. The Morgan fingerprint density at radius 1 is 1.47 bits per heavy atom. The van der Waals surface area contributed by atoms with E-state index >= 15 is 0 Å². The van der Waals surface area contributed by atoms with Crippen LogP contribution in [0.5, 0.6) is 0 Å². The molecule has 1 aliphatic heterocycles. The first kappa shape index (κ1) is 12.7. The molecule has 2 rings (SSSR count). The summed E-state index contributed by atoms with van der Waals surface area (Å²) < 4.78 is 0. The second kappa shape index (κ2) is 5.76. The van der Waals surface area contributed by atoms with Gasteiger partial charge in [-0.25, -0.2) is 0 Å².